The zero-order valence-corrected chi connectivity index (χ0v) is 12.0. The maximum Gasteiger partial charge on any atom is 0.333 e. The second kappa shape index (κ2) is 9.77. The van der Waals surface area contributed by atoms with Crippen molar-refractivity contribution < 1.29 is 19.2 Å². The fourth-order valence-corrected chi connectivity index (χ4v) is 2.01. The SMILES string of the molecule is [N-]=[N+]=NCCCCCCCCC(=O)ON1C(=O)CCC1=O. The molecule has 0 radical (unpaired) electrons. The fourth-order valence-electron chi connectivity index (χ4n) is 2.01. The number of hydrogen-bond acceptors (Lipinski definition) is 5. The van der Waals surface area contributed by atoms with Gasteiger partial charge in [-0.1, -0.05) is 30.8 Å². The molecule has 0 N–H and O–H groups in total. The summed E-state index contributed by atoms with van der Waals surface area (Å²) in [5, 5.41) is 4.03. The first-order chi connectivity index (χ1) is 10.1. The molecule has 1 saturated heterocycles. The Morgan fingerprint density at radius 1 is 1.10 bits per heavy atom. The van der Waals surface area contributed by atoms with Gasteiger partial charge in [-0.15, -0.1) is 5.06 Å². The summed E-state index contributed by atoms with van der Waals surface area (Å²) in [6, 6.07) is 0. The van der Waals surface area contributed by atoms with E-state index in [-0.39, 0.29) is 19.3 Å². The number of azide groups is 1. The Hall–Kier alpha value is -2.08. The maximum absolute atomic E-state index is 11.5. The van der Waals surface area contributed by atoms with Gasteiger partial charge in [0.2, 0.25) is 0 Å². The van der Waals surface area contributed by atoms with Crippen molar-refractivity contribution in [1.29, 1.82) is 0 Å². The molecule has 0 saturated carbocycles. The third kappa shape index (κ3) is 6.76. The molecular formula is C13H20N4O4. The molecule has 1 aliphatic rings. The van der Waals surface area contributed by atoms with Crippen LogP contribution < -0.4 is 0 Å². The molecule has 8 heteroatoms. The van der Waals surface area contributed by atoms with Crippen LogP contribution >= 0.6 is 0 Å². The lowest BCUT2D eigenvalue weighted by atomic mass is 10.1. The summed E-state index contributed by atoms with van der Waals surface area (Å²) in [7, 11) is 0. The molecule has 0 aromatic heterocycles. The lowest BCUT2D eigenvalue weighted by Crippen LogP contribution is -2.31. The quantitative estimate of drug-likeness (QED) is 0.203. The lowest BCUT2D eigenvalue weighted by Gasteiger charge is -2.12. The van der Waals surface area contributed by atoms with Gasteiger partial charge in [0.1, 0.15) is 0 Å². The van der Waals surface area contributed by atoms with Crippen molar-refractivity contribution >= 4 is 17.8 Å². The maximum atomic E-state index is 11.5. The molecule has 0 aliphatic carbocycles. The Kier molecular flexibility index (Phi) is 7.89. The van der Waals surface area contributed by atoms with Gasteiger partial charge in [0.25, 0.3) is 11.8 Å². The highest BCUT2D eigenvalue weighted by molar-refractivity contribution is 6.01. The van der Waals surface area contributed by atoms with Gasteiger partial charge >= 0.3 is 5.97 Å². The minimum Gasteiger partial charge on any atom is -0.330 e. The summed E-state index contributed by atoms with van der Waals surface area (Å²) in [4.78, 5) is 41.4. The molecule has 2 amide bonds. The number of hydrogen-bond donors (Lipinski definition) is 0. The van der Waals surface area contributed by atoms with Crippen LogP contribution in [-0.4, -0.2) is 29.4 Å². The van der Waals surface area contributed by atoms with Gasteiger partial charge < -0.3 is 4.84 Å². The Balaban J connectivity index is 2.00. The summed E-state index contributed by atoms with van der Waals surface area (Å²) >= 11 is 0. The van der Waals surface area contributed by atoms with Crippen molar-refractivity contribution in [3.63, 3.8) is 0 Å². The molecule has 1 heterocycles. The summed E-state index contributed by atoms with van der Waals surface area (Å²) in [5.74, 6) is -1.44. The van der Waals surface area contributed by atoms with Crippen LogP contribution in [0.1, 0.15) is 57.8 Å². The van der Waals surface area contributed by atoms with Gasteiger partial charge in [-0.25, -0.2) is 4.79 Å². The number of imide groups is 1. The Bertz CT molecular complexity index is 416. The topological polar surface area (TPSA) is 112 Å². The van der Waals surface area contributed by atoms with E-state index in [4.69, 9.17) is 10.4 Å². The van der Waals surface area contributed by atoms with E-state index in [0.29, 0.717) is 18.0 Å². The third-order valence-corrected chi connectivity index (χ3v) is 3.15. The van der Waals surface area contributed by atoms with Crippen molar-refractivity contribution in [3.05, 3.63) is 10.4 Å². The van der Waals surface area contributed by atoms with Crippen LogP contribution in [0.5, 0.6) is 0 Å². The molecule has 0 spiro atoms. The van der Waals surface area contributed by atoms with Crippen LogP contribution in [0.3, 0.4) is 0 Å². The highest BCUT2D eigenvalue weighted by Crippen LogP contribution is 2.14. The number of nitrogens with zero attached hydrogens (tertiary/aromatic N) is 4. The van der Waals surface area contributed by atoms with Crippen molar-refractivity contribution in [2.24, 2.45) is 5.11 Å². The highest BCUT2D eigenvalue weighted by atomic mass is 16.7. The molecule has 0 atom stereocenters. The van der Waals surface area contributed by atoms with Gasteiger partial charge in [-0.3, -0.25) is 9.59 Å². The van der Waals surface area contributed by atoms with Gasteiger partial charge in [0.05, 0.1) is 0 Å². The monoisotopic (exact) mass is 296 g/mol. The summed E-state index contributed by atoms with van der Waals surface area (Å²) in [5.41, 5.74) is 8.09. The number of unbranched alkanes of at least 4 members (excludes halogenated alkanes) is 5. The third-order valence-electron chi connectivity index (χ3n) is 3.15. The average molecular weight is 296 g/mol. The minimum absolute atomic E-state index is 0.113. The number of amides is 2. The van der Waals surface area contributed by atoms with Crippen molar-refractivity contribution in [1.82, 2.24) is 5.06 Å². The van der Waals surface area contributed by atoms with Gasteiger partial charge in [-0.05, 0) is 18.4 Å². The Morgan fingerprint density at radius 2 is 1.67 bits per heavy atom. The summed E-state index contributed by atoms with van der Waals surface area (Å²) < 4.78 is 0. The van der Waals surface area contributed by atoms with Crippen LogP contribution in [0.25, 0.3) is 10.4 Å². The van der Waals surface area contributed by atoms with Crippen LogP contribution in [0.15, 0.2) is 5.11 Å². The van der Waals surface area contributed by atoms with Crippen molar-refractivity contribution in [3.8, 4) is 0 Å². The normalized spacial score (nSPS) is 14.2. The number of hydroxylamine groups is 2. The summed E-state index contributed by atoms with van der Waals surface area (Å²) in [6.45, 7) is 0.528. The number of rotatable bonds is 10. The van der Waals surface area contributed by atoms with E-state index >= 15 is 0 Å². The lowest BCUT2D eigenvalue weighted by molar-refractivity contribution is -0.197. The molecule has 0 aromatic rings. The predicted octanol–water partition coefficient (Wildman–Crippen LogP) is 2.63. The highest BCUT2D eigenvalue weighted by Gasteiger charge is 2.32. The second-order valence-electron chi connectivity index (χ2n) is 4.87. The predicted molar refractivity (Wildman–Crippen MR) is 73.5 cm³/mol. The standard InChI is InChI=1S/C13H20N4O4/c14-16-15-10-6-4-2-1-3-5-7-13(20)21-17-11(18)8-9-12(17)19/h1-10H2. The summed E-state index contributed by atoms with van der Waals surface area (Å²) in [6.07, 6.45) is 5.89. The zero-order valence-electron chi connectivity index (χ0n) is 12.0. The van der Waals surface area contributed by atoms with E-state index in [0.717, 1.165) is 32.1 Å². The Morgan fingerprint density at radius 3 is 2.29 bits per heavy atom. The van der Waals surface area contributed by atoms with Crippen LogP contribution in [-0.2, 0) is 19.2 Å². The molecule has 1 fully saturated rings. The molecule has 8 nitrogen and oxygen atoms in total. The number of carbonyl (C=O) groups excluding carboxylic acids is 3. The first-order valence-electron chi connectivity index (χ1n) is 7.22. The smallest absolute Gasteiger partial charge is 0.330 e. The van der Waals surface area contributed by atoms with E-state index in [1.807, 2.05) is 0 Å². The molecule has 21 heavy (non-hydrogen) atoms. The van der Waals surface area contributed by atoms with Crippen molar-refractivity contribution in [2.75, 3.05) is 6.54 Å². The zero-order chi connectivity index (χ0) is 15.5. The van der Waals surface area contributed by atoms with E-state index in [1.54, 1.807) is 0 Å². The van der Waals surface area contributed by atoms with Crippen LogP contribution in [0.2, 0.25) is 0 Å². The van der Waals surface area contributed by atoms with E-state index in [2.05, 4.69) is 10.0 Å². The van der Waals surface area contributed by atoms with E-state index < -0.39 is 17.8 Å². The first-order valence-corrected chi connectivity index (χ1v) is 7.22. The van der Waals surface area contributed by atoms with E-state index in [1.165, 1.54) is 0 Å². The van der Waals surface area contributed by atoms with Crippen LogP contribution in [0, 0.1) is 0 Å². The largest absolute Gasteiger partial charge is 0.333 e. The molecule has 116 valence electrons. The van der Waals surface area contributed by atoms with E-state index in [9.17, 15) is 14.4 Å². The molecule has 0 unspecified atom stereocenters. The van der Waals surface area contributed by atoms with Gasteiger partial charge in [0, 0.05) is 30.7 Å². The molecular weight excluding hydrogens is 276 g/mol. The molecule has 1 aliphatic heterocycles. The number of carbonyl (C=O) groups is 3. The van der Waals surface area contributed by atoms with Gasteiger partial charge in [0.15, 0.2) is 0 Å². The first kappa shape index (κ1) is 17.0. The van der Waals surface area contributed by atoms with Crippen molar-refractivity contribution in [2.45, 2.75) is 57.8 Å². The minimum atomic E-state index is -0.540. The average Bonchev–Trinajstić information content (AvgIpc) is 2.77. The molecule has 1 rings (SSSR count). The molecule has 0 bridgehead atoms. The van der Waals surface area contributed by atoms with Gasteiger partial charge in [-0.2, -0.15) is 0 Å². The Labute approximate surface area is 123 Å². The molecule has 0 aromatic carbocycles. The van der Waals surface area contributed by atoms with Crippen LogP contribution in [0.4, 0.5) is 0 Å². The fraction of sp³-hybridized carbons (Fsp3) is 0.769. The second-order valence-corrected chi connectivity index (χ2v) is 4.87.